The molecule has 3 heteroatoms. The number of carbonyl (C=O) groups is 1. The van der Waals surface area contributed by atoms with Crippen molar-refractivity contribution in [2.75, 3.05) is 11.9 Å². The van der Waals surface area contributed by atoms with E-state index in [4.69, 9.17) is 0 Å². The number of unbranched alkanes of at least 4 members (excludes halogenated alkanes) is 4. The number of anilines is 1. The van der Waals surface area contributed by atoms with E-state index in [9.17, 15) is 4.79 Å². The summed E-state index contributed by atoms with van der Waals surface area (Å²) in [5.74, 6) is 0.774. The molecule has 0 atom stereocenters. The second kappa shape index (κ2) is 10.3. The van der Waals surface area contributed by atoms with E-state index in [1.54, 1.807) is 0 Å². The number of carbonyl (C=O) groups excluding carboxylic acids is 1. The molecule has 0 spiro atoms. The molecular formula is C20H34N2O. The fraction of sp³-hybridized carbons (Fsp3) is 0.650. The van der Waals surface area contributed by atoms with Gasteiger partial charge in [0.2, 0.25) is 0 Å². The van der Waals surface area contributed by atoms with Crippen LogP contribution in [0.15, 0.2) is 18.2 Å². The third kappa shape index (κ3) is 6.64. The lowest BCUT2D eigenvalue weighted by molar-refractivity contribution is 0.252. The van der Waals surface area contributed by atoms with Crippen molar-refractivity contribution in [1.29, 1.82) is 0 Å². The molecule has 1 rings (SSSR count). The number of amides is 2. The van der Waals surface area contributed by atoms with E-state index in [-0.39, 0.29) is 6.03 Å². The van der Waals surface area contributed by atoms with Crippen LogP contribution in [0.5, 0.6) is 0 Å². The molecule has 0 heterocycles. The van der Waals surface area contributed by atoms with Crippen LogP contribution in [0.3, 0.4) is 0 Å². The van der Waals surface area contributed by atoms with Crippen LogP contribution in [0, 0.1) is 0 Å². The average Bonchev–Trinajstić information content (AvgIpc) is 2.50. The van der Waals surface area contributed by atoms with Crippen LogP contribution in [0.2, 0.25) is 0 Å². The Morgan fingerprint density at radius 1 is 0.957 bits per heavy atom. The van der Waals surface area contributed by atoms with Crippen molar-refractivity contribution in [3.63, 3.8) is 0 Å². The Kier molecular flexibility index (Phi) is 8.75. The van der Waals surface area contributed by atoms with E-state index in [0.29, 0.717) is 11.8 Å². The molecular weight excluding hydrogens is 284 g/mol. The maximum Gasteiger partial charge on any atom is 0.319 e. The van der Waals surface area contributed by atoms with Gasteiger partial charge in [0.15, 0.2) is 0 Å². The van der Waals surface area contributed by atoms with Crippen LogP contribution in [-0.2, 0) is 0 Å². The third-order valence-corrected chi connectivity index (χ3v) is 4.18. The molecule has 2 N–H and O–H groups in total. The van der Waals surface area contributed by atoms with E-state index < -0.39 is 0 Å². The minimum Gasteiger partial charge on any atom is -0.338 e. The predicted octanol–water partition coefficient (Wildman–Crippen LogP) is 6.03. The monoisotopic (exact) mass is 318 g/mol. The largest absolute Gasteiger partial charge is 0.338 e. The minimum absolute atomic E-state index is 0.0875. The highest BCUT2D eigenvalue weighted by molar-refractivity contribution is 5.91. The molecule has 0 saturated heterocycles. The molecule has 0 radical (unpaired) electrons. The lowest BCUT2D eigenvalue weighted by Gasteiger charge is -2.20. The molecule has 0 bridgehead atoms. The quantitative estimate of drug-likeness (QED) is 0.537. The van der Waals surface area contributed by atoms with Gasteiger partial charge in [-0.3, -0.25) is 0 Å². The lowest BCUT2D eigenvalue weighted by Crippen LogP contribution is -2.30. The Hall–Kier alpha value is -1.51. The summed E-state index contributed by atoms with van der Waals surface area (Å²) in [4.78, 5) is 12.2. The van der Waals surface area contributed by atoms with Crippen molar-refractivity contribution in [3.05, 3.63) is 29.3 Å². The topological polar surface area (TPSA) is 41.1 Å². The molecule has 0 aliphatic carbocycles. The summed E-state index contributed by atoms with van der Waals surface area (Å²) in [5, 5.41) is 6.08. The Labute approximate surface area is 142 Å². The molecule has 0 fully saturated rings. The summed E-state index contributed by atoms with van der Waals surface area (Å²) in [6.07, 6.45) is 6.03. The maximum atomic E-state index is 12.2. The number of urea groups is 1. The van der Waals surface area contributed by atoms with Crippen molar-refractivity contribution in [2.45, 2.75) is 78.6 Å². The predicted molar refractivity (Wildman–Crippen MR) is 100 cm³/mol. The van der Waals surface area contributed by atoms with Gasteiger partial charge in [-0.1, -0.05) is 78.5 Å². The van der Waals surface area contributed by atoms with Crippen molar-refractivity contribution >= 4 is 11.7 Å². The van der Waals surface area contributed by atoms with Gasteiger partial charge in [0.05, 0.1) is 0 Å². The van der Waals surface area contributed by atoms with Gasteiger partial charge in [0.25, 0.3) is 0 Å². The van der Waals surface area contributed by atoms with E-state index in [0.717, 1.165) is 18.7 Å². The Balaban J connectivity index is 2.63. The third-order valence-electron chi connectivity index (χ3n) is 4.18. The zero-order chi connectivity index (χ0) is 17.2. The van der Waals surface area contributed by atoms with E-state index >= 15 is 0 Å². The maximum absolute atomic E-state index is 12.2. The molecule has 0 unspecified atom stereocenters. The van der Waals surface area contributed by atoms with Crippen LogP contribution < -0.4 is 10.6 Å². The van der Waals surface area contributed by atoms with Crippen molar-refractivity contribution in [2.24, 2.45) is 0 Å². The zero-order valence-corrected chi connectivity index (χ0v) is 15.5. The molecule has 130 valence electrons. The molecule has 0 saturated carbocycles. The van der Waals surface area contributed by atoms with Gasteiger partial charge in [-0.2, -0.15) is 0 Å². The molecule has 1 aromatic carbocycles. The normalized spacial score (nSPS) is 11.1. The standard InChI is InChI=1S/C20H34N2O/c1-6-7-8-9-10-14-21-20(23)22-19-17(15(2)3)12-11-13-18(19)16(4)5/h11-13,15-16H,6-10,14H2,1-5H3,(H2,21,22,23). The second-order valence-corrected chi connectivity index (χ2v) is 6.92. The van der Waals surface area contributed by atoms with Crippen LogP contribution >= 0.6 is 0 Å². The highest BCUT2D eigenvalue weighted by Crippen LogP contribution is 2.32. The first-order chi connectivity index (χ1) is 11.0. The molecule has 0 aromatic heterocycles. The summed E-state index contributed by atoms with van der Waals surface area (Å²) in [7, 11) is 0. The van der Waals surface area contributed by atoms with E-state index in [2.05, 4.69) is 63.5 Å². The summed E-state index contributed by atoms with van der Waals surface area (Å²) in [5.41, 5.74) is 3.39. The summed E-state index contributed by atoms with van der Waals surface area (Å²) < 4.78 is 0. The number of para-hydroxylation sites is 1. The van der Waals surface area contributed by atoms with E-state index in [1.807, 2.05) is 0 Å². The van der Waals surface area contributed by atoms with Gasteiger partial charge >= 0.3 is 6.03 Å². The molecule has 2 amide bonds. The number of benzene rings is 1. The minimum atomic E-state index is -0.0875. The number of nitrogens with one attached hydrogen (secondary N) is 2. The molecule has 0 aliphatic heterocycles. The first-order valence-electron chi connectivity index (χ1n) is 9.15. The van der Waals surface area contributed by atoms with Crippen molar-refractivity contribution in [3.8, 4) is 0 Å². The van der Waals surface area contributed by atoms with Gasteiger partial charge in [-0.15, -0.1) is 0 Å². The number of hydrogen-bond donors (Lipinski definition) is 2. The highest BCUT2D eigenvalue weighted by Gasteiger charge is 2.15. The van der Waals surface area contributed by atoms with Crippen molar-refractivity contribution in [1.82, 2.24) is 5.32 Å². The summed E-state index contributed by atoms with van der Waals surface area (Å²) in [6, 6.07) is 6.21. The Bertz CT molecular complexity index is 454. The van der Waals surface area contributed by atoms with Gasteiger partial charge in [-0.05, 0) is 29.4 Å². The van der Waals surface area contributed by atoms with E-state index in [1.165, 1.54) is 36.8 Å². The molecule has 0 aliphatic rings. The van der Waals surface area contributed by atoms with Crippen LogP contribution in [-0.4, -0.2) is 12.6 Å². The Morgan fingerprint density at radius 2 is 1.52 bits per heavy atom. The van der Waals surface area contributed by atoms with Crippen LogP contribution in [0.1, 0.15) is 89.7 Å². The second-order valence-electron chi connectivity index (χ2n) is 6.92. The average molecular weight is 319 g/mol. The van der Waals surface area contributed by atoms with Crippen LogP contribution in [0.4, 0.5) is 10.5 Å². The first-order valence-corrected chi connectivity index (χ1v) is 9.15. The molecule has 23 heavy (non-hydrogen) atoms. The summed E-state index contributed by atoms with van der Waals surface area (Å²) in [6.45, 7) is 11.6. The van der Waals surface area contributed by atoms with Crippen molar-refractivity contribution < 1.29 is 4.79 Å². The van der Waals surface area contributed by atoms with Gasteiger partial charge in [-0.25, -0.2) is 4.79 Å². The first kappa shape index (κ1) is 19.5. The van der Waals surface area contributed by atoms with Gasteiger partial charge in [0.1, 0.15) is 0 Å². The number of rotatable bonds is 9. The highest BCUT2D eigenvalue weighted by atomic mass is 16.2. The molecule has 1 aromatic rings. The Morgan fingerprint density at radius 3 is 2.04 bits per heavy atom. The van der Waals surface area contributed by atoms with Gasteiger partial charge < -0.3 is 10.6 Å². The zero-order valence-electron chi connectivity index (χ0n) is 15.5. The fourth-order valence-electron chi connectivity index (χ4n) is 2.78. The number of hydrogen-bond acceptors (Lipinski definition) is 1. The SMILES string of the molecule is CCCCCCCNC(=O)Nc1c(C(C)C)cccc1C(C)C. The smallest absolute Gasteiger partial charge is 0.319 e. The fourth-order valence-corrected chi connectivity index (χ4v) is 2.78. The lowest BCUT2D eigenvalue weighted by atomic mass is 9.93. The molecule has 3 nitrogen and oxygen atoms in total. The van der Waals surface area contributed by atoms with Gasteiger partial charge in [0, 0.05) is 12.2 Å². The van der Waals surface area contributed by atoms with Crippen LogP contribution in [0.25, 0.3) is 0 Å². The summed E-state index contributed by atoms with van der Waals surface area (Å²) >= 11 is 0.